The molecule has 0 saturated carbocycles. The molecule has 0 radical (unpaired) electrons. The molecule has 22 heavy (non-hydrogen) atoms. The number of rotatable bonds is 3. The van der Waals surface area contributed by atoms with Gasteiger partial charge in [0.25, 0.3) is 0 Å². The number of phenols is 1. The van der Waals surface area contributed by atoms with Gasteiger partial charge < -0.3 is 14.6 Å². The summed E-state index contributed by atoms with van der Waals surface area (Å²) in [6, 6.07) is 9.79. The standard InChI is InChI=1S/C17H13ClO4/c18-12-3-5-15(20)13(10-12)14(19)4-1-11-2-6-16-17(9-11)22-8-7-21-16/h1-6,9-10,20H,7-8H2/b4-1+. The van der Waals surface area contributed by atoms with Crippen LogP contribution < -0.4 is 9.47 Å². The fourth-order valence-electron chi connectivity index (χ4n) is 2.13. The van der Waals surface area contributed by atoms with Crippen LogP contribution in [0.5, 0.6) is 17.2 Å². The van der Waals surface area contributed by atoms with Crippen LogP contribution in [0, 0.1) is 0 Å². The second kappa shape index (κ2) is 6.12. The first kappa shape index (κ1) is 14.5. The summed E-state index contributed by atoms with van der Waals surface area (Å²) in [6.45, 7) is 1.05. The van der Waals surface area contributed by atoms with E-state index in [2.05, 4.69) is 0 Å². The molecule has 0 unspecified atom stereocenters. The van der Waals surface area contributed by atoms with Crippen LogP contribution in [0.15, 0.2) is 42.5 Å². The van der Waals surface area contributed by atoms with Gasteiger partial charge in [0, 0.05) is 5.02 Å². The fraction of sp³-hybridized carbons (Fsp3) is 0.118. The predicted octanol–water partition coefficient (Wildman–Crippen LogP) is 3.71. The molecule has 4 nitrogen and oxygen atoms in total. The van der Waals surface area contributed by atoms with Crippen LogP contribution in [0.4, 0.5) is 0 Å². The van der Waals surface area contributed by atoms with E-state index in [1.807, 2.05) is 6.07 Å². The summed E-state index contributed by atoms with van der Waals surface area (Å²) in [7, 11) is 0. The number of allylic oxidation sites excluding steroid dienone is 1. The lowest BCUT2D eigenvalue weighted by Crippen LogP contribution is -2.15. The Morgan fingerprint density at radius 2 is 1.86 bits per heavy atom. The lowest BCUT2D eigenvalue weighted by atomic mass is 10.1. The Balaban J connectivity index is 1.81. The highest BCUT2D eigenvalue weighted by atomic mass is 35.5. The number of hydrogen-bond donors (Lipinski definition) is 1. The molecule has 1 aliphatic rings. The number of phenolic OH excluding ortho intramolecular Hbond substituents is 1. The van der Waals surface area contributed by atoms with Crippen molar-refractivity contribution in [1.29, 1.82) is 0 Å². The summed E-state index contributed by atoms with van der Waals surface area (Å²) >= 11 is 5.84. The lowest BCUT2D eigenvalue weighted by molar-refractivity contribution is 0.104. The smallest absolute Gasteiger partial charge is 0.189 e. The van der Waals surface area contributed by atoms with E-state index < -0.39 is 0 Å². The van der Waals surface area contributed by atoms with Gasteiger partial charge in [-0.05, 0) is 42.0 Å². The molecule has 0 bridgehead atoms. The maximum Gasteiger partial charge on any atom is 0.189 e. The number of carbonyl (C=O) groups is 1. The SMILES string of the molecule is O=C(/C=C/c1ccc2c(c1)OCCO2)c1cc(Cl)ccc1O. The molecule has 0 fully saturated rings. The number of aromatic hydroxyl groups is 1. The molecule has 1 N–H and O–H groups in total. The van der Waals surface area contributed by atoms with Gasteiger partial charge in [0.1, 0.15) is 19.0 Å². The van der Waals surface area contributed by atoms with E-state index in [4.69, 9.17) is 21.1 Å². The van der Waals surface area contributed by atoms with Gasteiger partial charge >= 0.3 is 0 Å². The van der Waals surface area contributed by atoms with E-state index in [1.165, 1.54) is 24.3 Å². The minimum atomic E-state index is -0.324. The van der Waals surface area contributed by atoms with E-state index in [9.17, 15) is 9.90 Å². The first-order chi connectivity index (χ1) is 10.6. The average molecular weight is 317 g/mol. The van der Waals surface area contributed by atoms with Gasteiger partial charge in [0.05, 0.1) is 5.56 Å². The van der Waals surface area contributed by atoms with Gasteiger partial charge in [-0.25, -0.2) is 0 Å². The third-order valence-electron chi connectivity index (χ3n) is 3.22. The minimum Gasteiger partial charge on any atom is -0.507 e. The van der Waals surface area contributed by atoms with Crippen molar-refractivity contribution in [3.63, 3.8) is 0 Å². The van der Waals surface area contributed by atoms with Crippen molar-refractivity contribution in [1.82, 2.24) is 0 Å². The lowest BCUT2D eigenvalue weighted by Gasteiger charge is -2.18. The highest BCUT2D eigenvalue weighted by Crippen LogP contribution is 2.31. The van der Waals surface area contributed by atoms with E-state index in [0.717, 1.165) is 5.56 Å². The van der Waals surface area contributed by atoms with Gasteiger partial charge in [-0.3, -0.25) is 4.79 Å². The topological polar surface area (TPSA) is 55.8 Å². The van der Waals surface area contributed by atoms with Crippen molar-refractivity contribution < 1.29 is 19.4 Å². The Bertz CT molecular complexity index is 752. The van der Waals surface area contributed by atoms with Crippen LogP contribution in [0.3, 0.4) is 0 Å². The summed E-state index contributed by atoms with van der Waals surface area (Å²) in [6.07, 6.45) is 3.04. The Labute approximate surface area is 132 Å². The Hall–Kier alpha value is -2.46. The number of fused-ring (bicyclic) bond motifs is 1. The van der Waals surface area contributed by atoms with Crippen molar-refractivity contribution >= 4 is 23.5 Å². The first-order valence-corrected chi connectivity index (χ1v) is 7.12. The molecular formula is C17H13ClO4. The van der Waals surface area contributed by atoms with Crippen LogP contribution in [-0.4, -0.2) is 24.1 Å². The summed E-state index contributed by atoms with van der Waals surface area (Å²) in [4.78, 5) is 12.1. The molecule has 0 spiro atoms. The summed E-state index contributed by atoms with van der Waals surface area (Å²) in [5.41, 5.74) is 0.973. The van der Waals surface area contributed by atoms with Gasteiger partial charge in [-0.2, -0.15) is 0 Å². The van der Waals surface area contributed by atoms with E-state index >= 15 is 0 Å². The molecule has 0 aromatic heterocycles. The molecular weight excluding hydrogens is 304 g/mol. The van der Waals surface area contributed by atoms with Gasteiger partial charge in [-0.1, -0.05) is 23.7 Å². The number of halogens is 1. The Morgan fingerprint density at radius 1 is 1.09 bits per heavy atom. The second-order valence-electron chi connectivity index (χ2n) is 4.76. The van der Waals surface area contributed by atoms with Crippen LogP contribution in [0.25, 0.3) is 6.08 Å². The number of ether oxygens (including phenoxy) is 2. The van der Waals surface area contributed by atoms with Crippen LogP contribution >= 0.6 is 11.6 Å². The molecule has 3 rings (SSSR count). The zero-order chi connectivity index (χ0) is 15.5. The maximum absolute atomic E-state index is 12.1. The fourth-order valence-corrected chi connectivity index (χ4v) is 2.30. The molecule has 5 heteroatoms. The van der Waals surface area contributed by atoms with Crippen LogP contribution in [0.2, 0.25) is 5.02 Å². The number of benzene rings is 2. The van der Waals surface area contributed by atoms with Gasteiger partial charge in [0.15, 0.2) is 17.3 Å². The quantitative estimate of drug-likeness (QED) is 0.692. The van der Waals surface area contributed by atoms with Crippen LogP contribution in [0.1, 0.15) is 15.9 Å². The highest BCUT2D eigenvalue weighted by Gasteiger charge is 2.12. The average Bonchev–Trinajstić information content (AvgIpc) is 2.54. The van der Waals surface area contributed by atoms with Crippen molar-refractivity contribution in [2.45, 2.75) is 0 Å². The summed E-state index contributed by atoms with van der Waals surface area (Å²) < 4.78 is 10.9. The largest absolute Gasteiger partial charge is 0.507 e. The number of carbonyl (C=O) groups excluding carboxylic acids is 1. The van der Waals surface area contributed by atoms with Gasteiger partial charge in [-0.15, -0.1) is 0 Å². The zero-order valence-corrected chi connectivity index (χ0v) is 12.3. The molecule has 0 atom stereocenters. The van der Waals surface area contributed by atoms with E-state index in [1.54, 1.807) is 18.2 Å². The van der Waals surface area contributed by atoms with Crippen molar-refractivity contribution in [3.8, 4) is 17.2 Å². The molecule has 2 aromatic rings. The number of hydrogen-bond acceptors (Lipinski definition) is 4. The van der Waals surface area contributed by atoms with E-state index in [0.29, 0.717) is 29.7 Å². The second-order valence-corrected chi connectivity index (χ2v) is 5.20. The Morgan fingerprint density at radius 3 is 2.68 bits per heavy atom. The molecule has 112 valence electrons. The molecule has 1 aliphatic heterocycles. The molecule has 2 aromatic carbocycles. The minimum absolute atomic E-state index is 0.0961. The number of ketones is 1. The molecule has 0 aliphatic carbocycles. The van der Waals surface area contributed by atoms with Crippen LogP contribution in [-0.2, 0) is 0 Å². The predicted molar refractivity (Wildman–Crippen MR) is 83.9 cm³/mol. The van der Waals surface area contributed by atoms with Crippen molar-refractivity contribution in [3.05, 3.63) is 58.6 Å². The molecule has 1 heterocycles. The maximum atomic E-state index is 12.1. The monoisotopic (exact) mass is 316 g/mol. The third kappa shape index (κ3) is 3.07. The van der Waals surface area contributed by atoms with Gasteiger partial charge in [0.2, 0.25) is 0 Å². The molecule has 0 saturated heterocycles. The summed E-state index contributed by atoms with van der Waals surface area (Å²) in [5, 5.41) is 10.1. The normalized spacial score (nSPS) is 13.3. The summed E-state index contributed by atoms with van der Waals surface area (Å²) in [5.74, 6) is 0.935. The molecule has 0 amide bonds. The first-order valence-electron chi connectivity index (χ1n) is 6.74. The highest BCUT2D eigenvalue weighted by molar-refractivity contribution is 6.31. The van der Waals surface area contributed by atoms with E-state index in [-0.39, 0.29) is 17.1 Å². The Kier molecular flexibility index (Phi) is 4.02. The zero-order valence-electron chi connectivity index (χ0n) is 11.6. The third-order valence-corrected chi connectivity index (χ3v) is 3.45. The van der Waals surface area contributed by atoms with Crippen molar-refractivity contribution in [2.24, 2.45) is 0 Å². The van der Waals surface area contributed by atoms with Crippen molar-refractivity contribution in [2.75, 3.05) is 13.2 Å².